The maximum Gasteiger partial charge on any atom is 0.339 e. The van der Waals surface area contributed by atoms with Crippen LogP contribution in [-0.4, -0.2) is 48.4 Å². The number of methoxy groups -OCH3 is 2. The van der Waals surface area contributed by atoms with E-state index in [-0.39, 0.29) is 17.7 Å². The summed E-state index contributed by atoms with van der Waals surface area (Å²) in [6, 6.07) is 15.0. The first-order valence-corrected chi connectivity index (χ1v) is 12.1. The van der Waals surface area contributed by atoms with Crippen LogP contribution >= 0.6 is 11.8 Å². The minimum atomic E-state index is -1.06. The molecule has 1 unspecified atom stereocenters. The lowest BCUT2D eigenvalue weighted by molar-refractivity contribution is -0.130. The van der Waals surface area contributed by atoms with Crippen LogP contribution in [0.5, 0.6) is 5.75 Å². The lowest BCUT2D eigenvalue weighted by atomic mass is 9.99. The largest absolute Gasteiger partial charge is 0.500 e. The second kappa shape index (κ2) is 11.2. The van der Waals surface area contributed by atoms with Gasteiger partial charge in [0.2, 0.25) is 0 Å². The van der Waals surface area contributed by atoms with Gasteiger partial charge in [-0.05, 0) is 43.7 Å². The molecule has 0 fully saturated rings. The number of hydrogen-bond donors (Lipinski definition) is 1. The molecule has 2 heterocycles. The number of aliphatic carboxylic acids is 1. The summed E-state index contributed by atoms with van der Waals surface area (Å²) < 4.78 is 10.4. The molecule has 2 aromatic carbocycles. The quantitative estimate of drug-likeness (QED) is 0.206. The fourth-order valence-corrected chi connectivity index (χ4v) is 5.16. The molecule has 188 valence electrons. The number of carboxylic acids is 1. The maximum absolute atomic E-state index is 11.8. The second-order valence-electron chi connectivity index (χ2n) is 7.99. The van der Waals surface area contributed by atoms with Crippen molar-refractivity contribution in [2.75, 3.05) is 19.1 Å². The third-order valence-electron chi connectivity index (χ3n) is 5.90. The van der Waals surface area contributed by atoms with E-state index >= 15 is 0 Å². The fraction of sp³-hybridized carbons (Fsp3) is 0.269. The first kappa shape index (κ1) is 25.2. The van der Waals surface area contributed by atoms with Crippen molar-refractivity contribution in [3.8, 4) is 5.75 Å². The minimum absolute atomic E-state index is 0.0137. The van der Waals surface area contributed by atoms with E-state index in [9.17, 15) is 9.90 Å². The van der Waals surface area contributed by atoms with Crippen LogP contribution < -0.4 is 9.64 Å². The topological polar surface area (TPSA) is 96.2 Å². The summed E-state index contributed by atoms with van der Waals surface area (Å²) in [5, 5.41) is 20.4. The molecule has 0 saturated heterocycles. The van der Waals surface area contributed by atoms with Crippen molar-refractivity contribution < 1.29 is 24.2 Å². The number of thioether (sulfide) groups is 1. The Labute approximate surface area is 214 Å². The standard InChI is InChI=1S/C26H28N4O5S/c1-17(33-3)24(25(31)32)22-8-6-5-7-19(22)15-35-28-14-13-23-18(2)36-26-29(16-27-30(23)26)20-9-11-21(34-4)12-10-20/h5-12,14,16,26H,13,15H2,1-4H3,(H,31,32). The smallest absolute Gasteiger partial charge is 0.339 e. The van der Waals surface area contributed by atoms with E-state index in [1.165, 1.54) is 12.0 Å². The van der Waals surface area contributed by atoms with E-state index in [1.54, 1.807) is 44.1 Å². The van der Waals surface area contributed by atoms with Gasteiger partial charge in [0, 0.05) is 28.8 Å². The number of rotatable bonds is 10. The molecule has 0 bridgehead atoms. The van der Waals surface area contributed by atoms with E-state index in [4.69, 9.17) is 14.3 Å². The van der Waals surface area contributed by atoms with E-state index in [1.807, 2.05) is 47.7 Å². The zero-order chi connectivity index (χ0) is 25.7. The number of carbonyl (C=O) groups is 1. The van der Waals surface area contributed by atoms with Crippen molar-refractivity contribution in [1.82, 2.24) is 5.01 Å². The predicted molar refractivity (Wildman–Crippen MR) is 141 cm³/mol. The van der Waals surface area contributed by atoms with Crippen LogP contribution in [0.2, 0.25) is 0 Å². The van der Waals surface area contributed by atoms with E-state index < -0.39 is 5.97 Å². The number of hydrazone groups is 1. The average Bonchev–Trinajstić information content (AvgIpc) is 3.43. The summed E-state index contributed by atoms with van der Waals surface area (Å²) in [6.07, 6.45) is 4.07. The molecule has 0 amide bonds. The normalized spacial score (nSPS) is 17.5. The lowest BCUT2D eigenvalue weighted by Crippen LogP contribution is -2.33. The number of hydrogen-bond acceptors (Lipinski definition) is 9. The van der Waals surface area contributed by atoms with Gasteiger partial charge in [-0.25, -0.2) is 9.80 Å². The lowest BCUT2D eigenvalue weighted by Gasteiger charge is -2.25. The molecule has 4 rings (SSSR count). The van der Waals surface area contributed by atoms with Crippen LogP contribution in [0.15, 0.2) is 75.1 Å². The zero-order valence-corrected chi connectivity index (χ0v) is 21.4. The Balaban J connectivity index is 1.37. The van der Waals surface area contributed by atoms with Gasteiger partial charge in [0.05, 0.1) is 19.9 Å². The molecule has 0 aliphatic carbocycles. The monoisotopic (exact) mass is 508 g/mol. The van der Waals surface area contributed by atoms with Gasteiger partial charge >= 0.3 is 5.97 Å². The SMILES string of the molecule is COC(C)=C(C(=O)O)c1ccccc1CON=CCC1=C(C)SC2N1N=CN2c1ccc(OC)cc1. The van der Waals surface area contributed by atoms with Gasteiger partial charge in [0.1, 0.15) is 30.0 Å². The van der Waals surface area contributed by atoms with E-state index in [0.29, 0.717) is 23.3 Å². The Hall–Kier alpha value is -3.92. The average molecular weight is 509 g/mol. The number of benzene rings is 2. The summed E-state index contributed by atoms with van der Waals surface area (Å²) >= 11 is 1.73. The van der Waals surface area contributed by atoms with Gasteiger partial charge in [-0.3, -0.25) is 4.90 Å². The summed E-state index contributed by atoms with van der Waals surface area (Å²) in [4.78, 5) is 20.6. The Morgan fingerprint density at radius 2 is 1.94 bits per heavy atom. The summed E-state index contributed by atoms with van der Waals surface area (Å²) in [6.45, 7) is 3.82. The molecule has 0 aromatic heterocycles. The van der Waals surface area contributed by atoms with Gasteiger partial charge in [-0.1, -0.05) is 41.2 Å². The molecule has 10 heteroatoms. The Kier molecular flexibility index (Phi) is 7.84. The van der Waals surface area contributed by atoms with Crippen LogP contribution in [0.4, 0.5) is 5.69 Å². The molecule has 1 N–H and O–H groups in total. The first-order chi connectivity index (χ1) is 17.4. The van der Waals surface area contributed by atoms with Crippen LogP contribution in [0.3, 0.4) is 0 Å². The highest BCUT2D eigenvalue weighted by Gasteiger charge is 2.38. The molecular formula is C26H28N4O5S. The number of allylic oxidation sites excluding steroid dienone is 3. The Bertz CT molecular complexity index is 1240. The summed E-state index contributed by atoms with van der Waals surface area (Å²) in [5.74, 6) is 0.0727. The van der Waals surface area contributed by atoms with Crippen molar-refractivity contribution in [2.45, 2.75) is 32.4 Å². The number of carboxylic acid groups (broad SMARTS) is 1. The van der Waals surface area contributed by atoms with E-state index in [2.05, 4.69) is 22.1 Å². The highest BCUT2D eigenvalue weighted by Crippen LogP contribution is 2.44. The predicted octanol–water partition coefficient (Wildman–Crippen LogP) is 5.08. The van der Waals surface area contributed by atoms with Crippen molar-refractivity contribution >= 4 is 41.5 Å². The molecule has 36 heavy (non-hydrogen) atoms. The molecule has 0 spiro atoms. The number of oxime groups is 1. The summed E-state index contributed by atoms with van der Waals surface area (Å²) in [7, 11) is 3.10. The van der Waals surface area contributed by atoms with Gasteiger partial charge in [0.25, 0.3) is 0 Å². The van der Waals surface area contributed by atoms with Crippen LogP contribution in [0, 0.1) is 0 Å². The second-order valence-corrected chi connectivity index (χ2v) is 9.26. The molecule has 0 radical (unpaired) electrons. The van der Waals surface area contributed by atoms with Gasteiger partial charge in [-0.2, -0.15) is 5.10 Å². The number of nitrogens with zero attached hydrogens (tertiary/aromatic N) is 4. The van der Waals surface area contributed by atoms with Crippen molar-refractivity contribution in [2.24, 2.45) is 10.3 Å². The molecule has 9 nitrogen and oxygen atoms in total. The van der Waals surface area contributed by atoms with Gasteiger partial charge in [-0.15, -0.1) is 0 Å². The van der Waals surface area contributed by atoms with Crippen LogP contribution in [-0.2, 0) is 21.0 Å². The minimum Gasteiger partial charge on any atom is -0.500 e. The molecule has 2 aliphatic heterocycles. The highest BCUT2D eigenvalue weighted by atomic mass is 32.2. The highest BCUT2D eigenvalue weighted by molar-refractivity contribution is 8.04. The molecule has 0 saturated carbocycles. The number of fused-ring (bicyclic) bond motifs is 1. The van der Waals surface area contributed by atoms with Crippen molar-refractivity contribution in [3.63, 3.8) is 0 Å². The maximum atomic E-state index is 11.8. The van der Waals surface area contributed by atoms with Crippen molar-refractivity contribution in [3.05, 3.63) is 76.0 Å². The molecule has 2 aliphatic rings. The number of anilines is 1. The van der Waals surface area contributed by atoms with Crippen LogP contribution in [0.1, 0.15) is 31.4 Å². The molecular weight excluding hydrogens is 480 g/mol. The third-order valence-corrected chi connectivity index (χ3v) is 7.12. The van der Waals surface area contributed by atoms with Crippen LogP contribution in [0.25, 0.3) is 5.57 Å². The summed E-state index contributed by atoms with van der Waals surface area (Å²) in [5.41, 5.74) is 3.44. The molecule has 1 atom stereocenters. The van der Waals surface area contributed by atoms with E-state index in [0.717, 1.165) is 17.1 Å². The Morgan fingerprint density at radius 1 is 1.19 bits per heavy atom. The van der Waals surface area contributed by atoms with Gasteiger partial charge < -0.3 is 19.4 Å². The van der Waals surface area contributed by atoms with Gasteiger partial charge in [0.15, 0.2) is 5.50 Å². The third kappa shape index (κ3) is 5.18. The zero-order valence-electron chi connectivity index (χ0n) is 20.5. The first-order valence-electron chi connectivity index (χ1n) is 11.3. The Morgan fingerprint density at radius 3 is 2.64 bits per heavy atom. The number of ether oxygens (including phenoxy) is 2. The molecule has 2 aromatic rings. The fourth-order valence-electron chi connectivity index (χ4n) is 3.96. The van der Waals surface area contributed by atoms with Crippen molar-refractivity contribution in [1.29, 1.82) is 0 Å².